The number of aromatic nitrogens is 4. The Balaban J connectivity index is 0.00000261. The summed E-state index contributed by atoms with van der Waals surface area (Å²) in [6, 6.07) is 4.04. The molecule has 0 aliphatic rings. The minimum Gasteiger partial charge on any atom is -0.352 e. The van der Waals surface area contributed by atoms with Gasteiger partial charge in [-0.2, -0.15) is 0 Å². The number of aryl methyl sites for hydroxylation is 2. The van der Waals surface area contributed by atoms with Gasteiger partial charge in [0.25, 0.3) is 0 Å². The number of hydrogen-bond donors (Lipinski definition) is 2. The lowest BCUT2D eigenvalue weighted by molar-refractivity contribution is 0.801. The molecule has 2 N–H and O–H groups in total. The van der Waals surface area contributed by atoms with E-state index in [2.05, 4.69) is 43.6 Å². The van der Waals surface area contributed by atoms with E-state index in [-0.39, 0.29) is 24.0 Å². The van der Waals surface area contributed by atoms with Crippen LogP contribution in [0.25, 0.3) is 5.82 Å². The van der Waals surface area contributed by atoms with Gasteiger partial charge in [0.1, 0.15) is 16.6 Å². The van der Waals surface area contributed by atoms with Crippen molar-refractivity contribution in [1.82, 2.24) is 30.2 Å². The van der Waals surface area contributed by atoms with Gasteiger partial charge < -0.3 is 10.6 Å². The van der Waals surface area contributed by atoms with Gasteiger partial charge in [-0.15, -0.1) is 35.3 Å². The van der Waals surface area contributed by atoms with E-state index in [1.807, 2.05) is 36.1 Å². The second kappa shape index (κ2) is 10.4. The van der Waals surface area contributed by atoms with Crippen molar-refractivity contribution >= 4 is 41.3 Å². The molecule has 0 radical (unpaired) electrons. The standard InChI is InChI=1S/C18H23N7S.HI/c1-4-15-11-22-17(26-15)12-24-18(19-3)23-10-14-5-6-16(21-9-14)25-8-7-20-13(25)2;/h5-9,11H,4,10,12H2,1-3H3,(H2,19,23,24);1H. The summed E-state index contributed by atoms with van der Waals surface area (Å²) in [5, 5.41) is 7.65. The minimum absolute atomic E-state index is 0. The van der Waals surface area contributed by atoms with E-state index in [4.69, 9.17) is 0 Å². The number of pyridine rings is 1. The first-order chi connectivity index (χ1) is 12.7. The molecule has 3 aromatic heterocycles. The van der Waals surface area contributed by atoms with Gasteiger partial charge in [-0.05, 0) is 25.0 Å². The smallest absolute Gasteiger partial charge is 0.191 e. The number of hydrogen-bond acceptors (Lipinski definition) is 5. The number of nitrogens with one attached hydrogen (secondary N) is 2. The van der Waals surface area contributed by atoms with Crippen molar-refractivity contribution < 1.29 is 0 Å². The Bertz CT molecular complexity index is 870. The fraction of sp³-hybridized carbons (Fsp3) is 0.333. The summed E-state index contributed by atoms with van der Waals surface area (Å²) in [5.74, 6) is 2.52. The fourth-order valence-corrected chi connectivity index (χ4v) is 3.24. The van der Waals surface area contributed by atoms with Crippen molar-refractivity contribution in [2.45, 2.75) is 33.4 Å². The number of thiazole rings is 1. The van der Waals surface area contributed by atoms with Gasteiger partial charge in [-0.25, -0.2) is 15.0 Å². The van der Waals surface area contributed by atoms with Crippen LogP contribution in [0.5, 0.6) is 0 Å². The third kappa shape index (κ3) is 5.73. The maximum absolute atomic E-state index is 4.51. The molecule has 0 aromatic carbocycles. The van der Waals surface area contributed by atoms with Crippen LogP contribution in [0.15, 0.2) is 41.9 Å². The van der Waals surface area contributed by atoms with Crippen LogP contribution in [-0.2, 0) is 19.5 Å². The van der Waals surface area contributed by atoms with E-state index in [0.717, 1.165) is 34.6 Å². The number of aliphatic imine (C=N–C) groups is 1. The third-order valence-corrected chi connectivity index (χ3v) is 5.06. The van der Waals surface area contributed by atoms with Crippen LogP contribution in [0.1, 0.15) is 28.2 Å². The van der Waals surface area contributed by atoms with Crippen molar-refractivity contribution in [3.8, 4) is 5.82 Å². The molecule has 0 bridgehead atoms. The predicted molar refractivity (Wildman–Crippen MR) is 120 cm³/mol. The van der Waals surface area contributed by atoms with Crippen LogP contribution in [-0.4, -0.2) is 32.5 Å². The van der Waals surface area contributed by atoms with Gasteiger partial charge in [0.05, 0.1) is 6.54 Å². The maximum Gasteiger partial charge on any atom is 0.191 e. The van der Waals surface area contributed by atoms with Crippen molar-refractivity contribution in [1.29, 1.82) is 0 Å². The molecule has 0 atom stereocenters. The molecule has 0 unspecified atom stereocenters. The van der Waals surface area contributed by atoms with Crippen LogP contribution in [0.4, 0.5) is 0 Å². The summed E-state index contributed by atoms with van der Waals surface area (Å²) in [4.78, 5) is 18.7. The largest absolute Gasteiger partial charge is 0.352 e. The Morgan fingerprint density at radius 1 is 1.15 bits per heavy atom. The van der Waals surface area contributed by atoms with Gasteiger partial charge in [0.15, 0.2) is 5.96 Å². The normalized spacial score (nSPS) is 11.1. The van der Waals surface area contributed by atoms with E-state index in [1.54, 1.807) is 24.6 Å². The number of nitrogens with zero attached hydrogens (tertiary/aromatic N) is 5. The van der Waals surface area contributed by atoms with Crippen molar-refractivity contribution in [2.24, 2.45) is 4.99 Å². The van der Waals surface area contributed by atoms with Crippen molar-refractivity contribution in [3.05, 3.63) is 58.2 Å². The Hall–Kier alpha value is -2.01. The average molecular weight is 497 g/mol. The van der Waals surface area contributed by atoms with Gasteiger partial charge in [0, 0.05) is 43.3 Å². The molecular weight excluding hydrogens is 473 g/mol. The molecule has 0 amide bonds. The first kappa shape index (κ1) is 21.3. The third-order valence-electron chi connectivity index (χ3n) is 3.92. The lowest BCUT2D eigenvalue weighted by Crippen LogP contribution is -2.36. The zero-order chi connectivity index (χ0) is 18.4. The Labute approximate surface area is 180 Å². The molecule has 0 spiro atoms. The van der Waals surface area contributed by atoms with Crippen LogP contribution in [0.2, 0.25) is 0 Å². The molecule has 0 saturated heterocycles. The van der Waals surface area contributed by atoms with E-state index < -0.39 is 0 Å². The number of halogens is 1. The summed E-state index contributed by atoms with van der Waals surface area (Å²) in [5.41, 5.74) is 1.08. The summed E-state index contributed by atoms with van der Waals surface area (Å²) >= 11 is 1.73. The molecule has 27 heavy (non-hydrogen) atoms. The highest BCUT2D eigenvalue weighted by Crippen LogP contribution is 2.12. The molecule has 3 rings (SSSR count). The lowest BCUT2D eigenvalue weighted by Gasteiger charge is -2.11. The van der Waals surface area contributed by atoms with Gasteiger partial charge in [-0.1, -0.05) is 13.0 Å². The maximum atomic E-state index is 4.51. The van der Waals surface area contributed by atoms with E-state index in [9.17, 15) is 0 Å². The molecule has 9 heteroatoms. The van der Waals surface area contributed by atoms with Crippen molar-refractivity contribution in [3.63, 3.8) is 0 Å². The zero-order valence-electron chi connectivity index (χ0n) is 15.6. The first-order valence-electron chi connectivity index (χ1n) is 8.53. The second-order valence-electron chi connectivity index (χ2n) is 5.72. The highest BCUT2D eigenvalue weighted by atomic mass is 127. The molecular formula is C18H24IN7S. The molecule has 0 saturated carbocycles. The van der Waals surface area contributed by atoms with Crippen LogP contribution in [0.3, 0.4) is 0 Å². The number of imidazole rings is 1. The van der Waals surface area contributed by atoms with Crippen LogP contribution in [0, 0.1) is 6.92 Å². The van der Waals surface area contributed by atoms with Gasteiger partial charge in [0.2, 0.25) is 0 Å². The summed E-state index contributed by atoms with van der Waals surface area (Å²) in [6.45, 7) is 5.41. The zero-order valence-corrected chi connectivity index (χ0v) is 18.8. The molecule has 0 fully saturated rings. The monoisotopic (exact) mass is 497 g/mol. The van der Waals surface area contributed by atoms with E-state index in [1.165, 1.54) is 4.88 Å². The fourth-order valence-electron chi connectivity index (χ4n) is 2.44. The van der Waals surface area contributed by atoms with Crippen LogP contribution >= 0.6 is 35.3 Å². The molecule has 3 heterocycles. The second-order valence-corrected chi connectivity index (χ2v) is 6.92. The quantitative estimate of drug-likeness (QED) is 0.311. The lowest BCUT2D eigenvalue weighted by atomic mass is 10.3. The molecule has 0 aliphatic heterocycles. The summed E-state index contributed by atoms with van der Waals surface area (Å²) < 4.78 is 1.95. The minimum atomic E-state index is 0. The predicted octanol–water partition coefficient (Wildman–Crippen LogP) is 3.08. The van der Waals surface area contributed by atoms with Crippen molar-refractivity contribution in [2.75, 3.05) is 7.05 Å². The average Bonchev–Trinajstić information content (AvgIpc) is 3.31. The SMILES string of the molecule is CCc1cnc(CNC(=NC)NCc2ccc(-n3ccnc3C)nc2)s1.I. The Morgan fingerprint density at radius 3 is 2.56 bits per heavy atom. The number of guanidine groups is 1. The Kier molecular flexibility index (Phi) is 8.17. The van der Waals surface area contributed by atoms with Gasteiger partial charge in [-0.3, -0.25) is 9.56 Å². The summed E-state index contributed by atoms with van der Waals surface area (Å²) in [6.07, 6.45) is 8.50. The topological polar surface area (TPSA) is 80.0 Å². The van der Waals surface area contributed by atoms with Gasteiger partial charge >= 0.3 is 0 Å². The highest BCUT2D eigenvalue weighted by molar-refractivity contribution is 14.0. The molecule has 7 nitrogen and oxygen atoms in total. The molecule has 3 aromatic rings. The first-order valence-corrected chi connectivity index (χ1v) is 9.34. The van der Waals surface area contributed by atoms with E-state index in [0.29, 0.717) is 13.1 Å². The molecule has 144 valence electrons. The van der Waals surface area contributed by atoms with E-state index >= 15 is 0 Å². The number of rotatable bonds is 6. The molecule has 0 aliphatic carbocycles. The summed E-state index contributed by atoms with van der Waals surface area (Å²) in [7, 11) is 1.76. The van der Waals surface area contributed by atoms with Crippen LogP contribution < -0.4 is 10.6 Å². The highest BCUT2D eigenvalue weighted by Gasteiger charge is 2.04. The Morgan fingerprint density at radius 2 is 1.96 bits per heavy atom.